The topological polar surface area (TPSA) is 110 Å². The number of imidazole rings is 1. The van der Waals surface area contributed by atoms with E-state index in [2.05, 4.69) is 10.3 Å². The number of anilines is 1. The lowest BCUT2D eigenvalue weighted by Crippen LogP contribution is -2.48. The molecule has 29 heavy (non-hydrogen) atoms. The monoisotopic (exact) mass is 399 g/mol. The summed E-state index contributed by atoms with van der Waals surface area (Å²) in [7, 11) is 1.68. The number of nitrogens with one attached hydrogen (secondary N) is 1. The van der Waals surface area contributed by atoms with E-state index in [0.717, 1.165) is 19.3 Å². The van der Waals surface area contributed by atoms with Gasteiger partial charge in [-0.1, -0.05) is 0 Å². The van der Waals surface area contributed by atoms with E-state index < -0.39 is 16.7 Å². The number of nitro benzene ring substituents is 1. The van der Waals surface area contributed by atoms with Crippen LogP contribution in [0.15, 0.2) is 30.6 Å². The standard InChI is InChI=1S/C20H25N5O4/c1-13-6-4-5-10-24(13)20(27)14(2)22-16-8-7-15(12-17(16)25(28)29)18(26)19-21-9-11-23(19)3/h7-9,11-14,22H,4-6,10H2,1-3H3. The minimum atomic E-state index is -0.620. The SMILES string of the molecule is CC(Nc1ccc(C(=O)c2nccn2C)cc1[N+](=O)[O-])C(=O)N1CCCCC1C. The second-order valence-corrected chi connectivity index (χ2v) is 7.42. The number of nitrogens with zero attached hydrogens (tertiary/aromatic N) is 4. The second kappa shape index (κ2) is 8.42. The van der Waals surface area contributed by atoms with Crippen LogP contribution in [0.5, 0.6) is 0 Å². The van der Waals surface area contributed by atoms with Crippen LogP contribution in [0.1, 0.15) is 49.3 Å². The highest BCUT2D eigenvalue weighted by atomic mass is 16.6. The Bertz CT molecular complexity index is 939. The first-order valence-electron chi connectivity index (χ1n) is 9.67. The summed E-state index contributed by atoms with van der Waals surface area (Å²) in [6.07, 6.45) is 6.15. The van der Waals surface area contributed by atoms with Crippen molar-refractivity contribution in [2.24, 2.45) is 7.05 Å². The van der Waals surface area contributed by atoms with Gasteiger partial charge in [0.15, 0.2) is 5.82 Å². The van der Waals surface area contributed by atoms with Crippen molar-refractivity contribution < 1.29 is 14.5 Å². The van der Waals surface area contributed by atoms with Crippen molar-refractivity contribution in [3.8, 4) is 0 Å². The number of piperidine rings is 1. The summed E-state index contributed by atoms with van der Waals surface area (Å²) in [4.78, 5) is 42.2. The molecule has 9 nitrogen and oxygen atoms in total. The molecule has 1 N–H and O–H groups in total. The van der Waals surface area contributed by atoms with E-state index in [0.29, 0.717) is 6.54 Å². The van der Waals surface area contributed by atoms with Gasteiger partial charge in [0.1, 0.15) is 11.7 Å². The Balaban J connectivity index is 1.82. The molecule has 2 aromatic rings. The fraction of sp³-hybridized carbons (Fsp3) is 0.450. The Labute approximate surface area is 168 Å². The molecule has 2 unspecified atom stereocenters. The Morgan fingerprint density at radius 3 is 2.72 bits per heavy atom. The summed E-state index contributed by atoms with van der Waals surface area (Å²) in [5, 5.41) is 14.5. The van der Waals surface area contributed by atoms with Crippen molar-refractivity contribution in [3.05, 3.63) is 52.1 Å². The normalized spacial score (nSPS) is 17.6. The minimum absolute atomic E-state index is 0.0836. The maximum Gasteiger partial charge on any atom is 0.293 e. The van der Waals surface area contributed by atoms with E-state index in [1.165, 1.54) is 24.4 Å². The van der Waals surface area contributed by atoms with Crippen LogP contribution in [0.2, 0.25) is 0 Å². The van der Waals surface area contributed by atoms with Crippen LogP contribution in [0.3, 0.4) is 0 Å². The zero-order valence-electron chi connectivity index (χ0n) is 16.8. The molecule has 3 rings (SSSR count). The van der Waals surface area contributed by atoms with Crippen LogP contribution in [-0.4, -0.2) is 49.7 Å². The van der Waals surface area contributed by atoms with Crippen LogP contribution in [-0.2, 0) is 11.8 Å². The Kier molecular flexibility index (Phi) is 5.95. The van der Waals surface area contributed by atoms with E-state index in [1.807, 2.05) is 11.8 Å². The first-order valence-corrected chi connectivity index (χ1v) is 9.67. The van der Waals surface area contributed by atoms with Gasteiger partial charge >= 0.3 is 0 Å². The molecule has 0 radical (unpaired) electrons. The van der Waals surface area contributed by atoms with Gasteiger partial charge in [-0.05, 0) is 45.2 Å². The largest absolute Gasteiger partial charge is 0.368 e. The number of aromatic nitrogens is 2. The highest BCUT2D eigenvalue weighted by Gasteiger charge is 2.28. The maximum absolute atomic E-state index is 12.8. The first-order chi connectivity index (χ1) is 13.8. The summed E-state index contributed by atoms with van der Waals surface area (Å²) in [5.74, 6) is -0.291. The zero-order chi connectivity index (χ0) is 21.1. The van der Waals surface area contributed by atoms with Gasteiger partial charge in [0, 0.05) is 43.7 Å². The summed E-state index contributed by atoms with van der Waals surface area (Å²) >= 11 is 0. The van der Waals surface area contributed by atoms with Gasteiger partial charge in [0.2, 0.25) is 11.7 Å². The number of likely N-dealkylation sites (tertiary alicyclic amines) is 1. The molecule has 1 aliphatic rings. The zero-order valence-corrected chi connectivity index (χ0v) is 16.8. The lowest BCUT2D eigenvalue weighted by Gasteiger charge is -2.35. The highest BCUT2D eigenvalue weighted by molar-refractivity contribution is 6.07. The fourth-order valence-electron chi connectivity index (χ4n) is 3.63. The summed E-state index contributed by atoms with van der Waals surface area (Å²) in [5.41, 5.74) is 0.119. The number of benzene rings is 1. The minimum Gasteiger partial charge on any atom is -0.368 e. The van der Waals surface area contributed by atoms with Gasteiger partial charge in [0.05, 0.1) is 4.92 Å². The van der Waals surface area contributed by atoms with E-state index in [-0.39, 0.29) is 34.7 Å². The molecule has 9 heteroatoms. The molecule has 0 aliphatic carbocycles. The molecule has 1 aromatic carbocycles. The maximum atomic E-state index is 12.8. The van der Waals surface area contributed by atoms with Crippen molar-refractivity contribution in [2.75, 3.05) is 11.9 Å². The van der Waals surface area contributed by atoms with Crippen molar-refractivity contribution in [1.82, 2.24) is 14.5 Å². The third-order valence-electron chi connectivity index (χ3n) is 5.31. The fourth-order valence-corrected chi connectivity index (χ4v) is 3.63. The predicted octanol–water partition coefficient (Wildman–Crippen LogP) is 2.76. The molecule has 0 bridgehead atoms. The summed E-state index contributed by atoms with van der Waals surface area (Å²) < 4.78 is 1.56. The average molecular weight is 399 g/mol. The van der Waals surface area contributed by atoms with Crippen molar-refractivity contribution in [1.29, 1.82) is 0 Å². The van der Waals surface area contributed by atoms with E-state index in [1.54, 1.807) is 24.7 Å². The number of rotatable bonds is 6. The van der Waals surface area contributed by atoms with Gasteiger partial charge in [-0.25, -0.2) is 4.98 Å². The Morgan fingerprint density at radius 1 is 1.34 bits per heavy atom. The molecule has 154 valence electrons. The Morgan fingerprint density at radius 2 is 2.10 bits per heavy atom. The van der Waals surface area contributed by atoms with Gasteiger partial charge in [-0.15, -0.1) is 0 Å². The lowest BCUT2D eigenvalue weighted by molar-refractivity contribution is -0.384. The molecule has 0 spiro atoms. The van der Waals surface area contributed by atoms with Crippen LogP contribution < -0.4 is 5.32 Å². The van der Waals surface area contributed by atoms with E-state index in [9.17, 15) is 19.7 Å². The number of ketones is 1. The summed E-state index contributed by atoms with van der Waals surface area (Å²) in [6.45, 7) is 4.41. The molecule has 1 saturated heterocycles. The molecule has 1 fully saturated rings. The third kappa shape index (κ3) is 4.28. The van der Waals surface area contributed by atoms with Gasteiger partial charge in [-0.3, -0.25) is 19.7 Å². The average Bonchev–Trinajstić information content (AvgIpc) is 3.13. The number of carbonyl (C=O) groups excluding carboxylic acids is 2. The van der Waals surface area contributed by atoms with Crippen LogP contribution in [0.25, 0.3) is 0 Å². The lowest BCUT2D eigenvalue weighted by atomic mass is 10.0. The smallest absolute Gasteiger partial charge is 0.293 e. The molecule has 1 aromatic heterocycles. The van der Waals surface area contributed by atoms with Crippen LogP contribution in [0, 0.1) is 10.1 Å². The van der Waals surface area contributed by atoms with Gasteiger partial charge < -0.3 is 14.8 Å². The molecule has 0 saturated carbocycles. The Hall–Kier alpha value is -3.23. The predicted molar refractivity (Wildman–Crippen MR) is 108 cm³/mol. The van der Waals surface area contributed by atoms with Gasteiger partial charge in [-0.2, -0.15) is 0 Å². The first kappa shape index (κ1) is 20.5. The molecule has 1 aliphatic heterocycles. The van der Waals surface area contributed by atoms with Crippen LogP contribution in [0.4, 0.5) is 11.4 Å². The summed E-state index contributed by atoms with van der Waals surface area (Å²) in [6, 6.07) is 3.74. The van der Waals surface area contributed by atoms with Gasteiger partial charge in [0.25, 0.3) is 5.69 Å². The van der Waals surface area contributed by atoms with E-state index >= 15 is 0 Å². The molecule has 1 amide bonds. The second-order valence-electron chi connectivity index (χ2n) is 7.42. The number of nitro groups is 1. The molecule has 2 atom stereocenters. The number of aryl methyl sites for hydroxylation is 1. The number of hydrogen-bond donors (Lipinski definition) is 1. The number of carbonyl (C=O) groups is 2. The molecule has 2 heterocycles. The van der Waals surface area contributed by atoms with Crippen molar-refractivity contribution in [2.45, 2.75) is 45.2 Å². The van der Waals surface area contributed by atoms with Crippen LogP contribution >= 0.6 is 0 Å². The van der Waals surface area contributed by atoms with E-state index in [4.69, 9.17) is 0 Å². The molecular formula is C20H25N5O4. The van der Waals surface area contributed by atoms with Crippen molar-refractivity contribution >= 4 is 23.1 Å². The highest BCUT2D eigenvalue weighted by Crippen LogP contribution is 2.28. The quantitative estimate of drug-likeness (QED) is 0.454. The number of amides is 1. The number of hydrogen-bond acceptors (Lipinski definition) is 6. The third-order valence-corrected chi connectivity index (χ3v) is 5.31. The van der Waals surface area contributed by atoms with Crippen molar-refractivity contribution in [3.63, 3.8) is 0 Å². The molecular weight excluding hydrogens is 374 g/mol.